The Labute approximate surface area is 110 Å². The van der Waals surface area contributed by atoms with E-state index in [9.17, 15) is 0 Å². The summed E-state index contributed by atoms with van der Waals surface area (Å²) in [5.74, 6) is 0.813. The molecular weight excluding hydrogens is 226 g/mol. The molecule has 0 amide bonds. The largest absolute Gasteiger partial charge is 0.371 e. The lowest BCUT2D eigenvalue weighted by atomic mass is 10.2. The molecule has 1 unspecified atom stereocenters. The van der Waals surface area contributed by atoms with Gasteiger partial charge in [-0.1, -0.05) is 13.8 Å². The van der Waals surface area contributed by atoms with Crippen LogP contribution in [0, 0.1) is 6.92 Å². The predicted molar refractivity (Wildman–Crippen MR) is 73.4 cm³/mol. The summed E-state index contributed by atoms with van der Waals surface area (Å²) in [5.41, 5.74) is 2.05. The van der Waals surface area contributed by atoms with Gasteiger partial charge < -0.3 is 10.1 Å². The topological polar surface area (TPSA) is 47.0 Å². The van der Waals surface area contributed by atoms with E-state index in [1.54, 1.807) is 0 Å². The van der Waals surface area contributed by atoms with E-state index in [1.807, 2.05) is 19.9 Å². The van der Waals surface area contributed by atoms with Gasteiger partial charge in [0.15, 0.2) is 5.82 Å². The highest BCUT2D eigenvalue weighted by atomic mass is 16.5. The van der Waals surface area contributed by atoms with Gasteiger partial charge in [0.2, 0.25) is 0 Å². The number of nitrogens with zero attached hydrogens (tertiary/aromatic N) is 2. The Morgan fingerprint density at radius 1 is 1.28 bits per heavy atom. The minimum atomic E-state index is 0.0137. The molecular formula is C14H25N3O. The number of aromatic nitrogens is 2. The zero-order valence-electron chi connectivity index (χ0n) is 12.0. The summed E-state index contributed by atoms with van der Waals surface area (Å²) >= 11 is 0. The molecule has 0 aromatic carbocycles. The first-order valence-electron chi connectivity index (χ1n) is 6.88. The Hall–Kier alpha value is -1.00. The maximum atomic E-state index is 5.67. The lowest BCUT2D eigenvalue weighted by Crippen LogP contribution is -2.17. The van der Waals surface area contributed by atoms with E-state index in [-0.39, 0.29) is 6.10 Å². The molecule has 0 aliphatic heterocycles. The third-order valence-electron chi connectivity index (χ3n) is 2.68. The van der Waals surface area contributed by atoms with E-state index in [0.29, 0.717) is 6.61 Å². The van der Waals surface area contributed by atoms with Crippen molar-refractivity contribution >= 4 is 0 Å². The fraction of sp³-hybridized carbons (Fsp3) is 0.714. The van der Waals surface area contributed by atoms with E-state index >= 15 is 0 Å². The number of rotatable bonds is 8. The molecule has 0 fully saturated rings. The normalized spacial score (nSPS) is 12.7. The zero-order valence-corrected chi connectivity index (χ0v) is 12.0. The van der Waals surface area contributed by atoms with Crippen LogP contribution >= 0.6 is 0 Å². The predicted octanol–water partition coefficient (Wildman–Crippen LogP) is 2.77. The average Bonchev–Trinajstić information content (AvgIpc) is 2.35. The molecule has 18 heavy (non-hydrogen) atoms. The standard InChI is InChI=1S/C14H25N3O/c1-5-8-15-10-12-9-11(4)16-14(17-12)13(6-2)18-7-3/h9,13,15H,5-8,10H2,1-4H3. The summed E-state index contributed by atoms with van der Waals surface area (Å²) in [6.07, 6.45) is 2.05. The Kier molecular flexibility index (Phi) is 6.83. The SMILES string of the molecule is CCCNCc1cc(C)nc(C(CC)OCC)n1. The molecule has 1 heterocycles. The molecule has 1 aromatic heterocycles. The Balaban J connectivity index is 2.78. The fourth-order valence-corrected chi connectivity index (χ4v) is 1.86. The fourth-order valence-electron chi connectivity index (χ4n) is 1.86. The minimum Gasteiger partial charge on any atom is -0.371 e. The van der Waals surface area contributed by atoms with Crippen molar-refractivity contribution in [2.75, 3.05) is 13.2 Å². The van der Waals surface area contributed by atoms with Gasteiger partial charge in [0.05, 0.1) is 5.69 Å². The second-order valence-corrected chi connectivity index (χ2v) is 4.39. The van der Waals surface area contributed by atoms with Crippen LogP contribution in [0.2, 0.25) is 0 Å². The minimum absolute atomic E-state index is 0.0137. The molecule has 4 heteroatoms. The molecule has 0 aliphatic carbocycles. The first kappa shape index (κ1) is 15.1. The van der Waals surface area contributed by atoms with Crippen LogP contribution in [0.3, 0.4) is 0 Å². The van der Waals surface area contributed by atoms with Crippen LogP contribution in [0.25, 0.3) is 0 Å². The summed E-state index contributed by atoms with van der Waals surface area (Å²) in [5, 5.41) is 3.36. The number of ether oxygens (including phenoxy) is 1. The van der Waals surface area contributed by atoms with Crippen LogP contribution in [-0.4, -0.2) is 23.1 Å². The van der Waals surface area contributed by atoms with Gasteiger partial charge in [0.25, 0.3) is 0 Å². The van der Waals surface area contributed by atoms with E-state index in [1.165, 1.54) is 0 Å². The maximum Gasteiger partial charge on any atom is 0.157 e. The molecule has 102 valence electrons. The lowest BCUT2D eigenvalue weighted by molar-refractivity contribution is 0.0532. The number of hydrogen-bond donors (Lipinski definition) is 1. The number of nitrogens with one attached hydrogen (secondary N) is 1. The van der Waals surface area contributed by atoms with Crippen molar-refractivity contribution in [2.45, 2.75) is 53.2 Å². The molecule has 1 N–H and O–H groups in total. The summed E-state index contributed by atoms with van der Waals surface area (Å²) < 4.78 is 5.67. The summed E-state index contributed by atoms with van der Waals surface area (Å²) in [4.78, 5) is 9.08. The van der Waals surface area contributed by atoms with Crippen molar-refractivity contribution < 1.29 is 4.74 Å². The van der Waals surface area contributed by atoms with Gasteiger partial charge in [-0.3, -0.25) is 0 Å². The van der Waals surface area contributed by atoms with E-state index in [4.69, 9.17) is 4.74 Å². The van der Waals surface area contributed by atoms with Crippen LogP contribution in [0.5, 0.6) is 0 Å². The summed E-state index contributed by atoms with van der Waals surface area (Å²) in [6, 6.07) is 2.03. The molecule has 1 aromatic rings. The first-order valence-corrected chi connectivity index (χ1v) is 6.88. The van der Waals surface area contributed by atoms with Gasteiger partial charge >= 0.3 is 0 Å². The maximum absolute atomic E-state index is 5.67. The number of aryl methyl sites for hydroxylation is 1. The van der Waals surface area contributed by atoms with E-state index < -0.39 is 0 Å². The number of hydrogen-bond acceptors (Lipinski definition) is 4. The van der Waals surface area contributed by atoms with E-state index in [2.05, 4.69) is 29.1 Å². The van der Waals surface area contributed by atoms with Crippen LogP contribution < -0.4 is 5.32 Å². The lowest BCUT2D eigenvalue weighted by Gasteiger charge is -2.15. The van der Waals surface area contributed by atoms with Crippen LogP contribution in [0.15, 0.2) is 6.07 Å². The summed E-state index contributed by atoms with van der Waals surface area (Å²) in [7, 11) is 0. The molecule has 0 saturated heterocycles. The van der Waals surface area contributed by atoms with Gasteiger partial charge in [0.1, 0.15) is 6.10 Å². The zero-order chi connectivity index (χ0) is 13.4. The molecule has 4 nitrogen and oxygen atoms in total. The van der Waals surface area contributed by atoms with Gasteiger partial charge in [-0.15, -0.1) is 0 Å². The smallest absolute Gasteiger partial charge is 0.157 e. The quantitative estimate of drug-likeness (QED) is 0.722. The van der Waals surface area contributed by atoms with Crippen LogP contribution in [-0.2, 0) is 11.3 Å². The summed E-state index contributed by atoms with van der Waals surface area (Å²) in [6.45, 7) is 10.8. The molecule has 0 radical (unpaired) electrons. The second-order valence-electron chi connectivity index (χ2n) is 4.39. The molecule has 1 rings (SSSR count). The van der Waals surface area contributed by atoms with Crippen molar-refractivity contribution in [3.8, 4) is 0 Å². The monoisotopic (exact) mass is 251 g/mol. The second kappa shape index (κ2) is 8.16. The molecule has 0 aliphatic rings. The Bertz CT molecular complexity index is 355. The molecule has 0 spiro atoms. The van der Waals surface area contributed by atoms with E-state index in [0.717, 1.165) is 43.1 Å². The highest BCUT2D eigenvalue weighted by molar-refractivity contribution is 5.11. The third-order valence-corrected chi connectivity index (χ3v) is 2.68. The first-order chi connectivity index (χ1) is 8.71. The molecule has 0 saturated carbocycles. The molecule has 0 bridgehead atoms. The van der Waals surface area contributed by atoms with Crippen molar-refractivity contribution in [3.05, 3.63) is 23.3 Å². The Morgan fingerprint density at radius 2 is 2.06 bits per heavy atom. The van der Waals surface area contributed by atoms with Crippen LogP contribution in [0.1, 0.15) is 56.9 Å². The van der Waals surface area contributed by atoms with Crippen molar-refractivity contribution in [2.24, 2.45) is 0 Å². The highest BCUT2D eigenvalue weighted by Gasteiger charge is 2.13. The van der Waals surface area contributed by atoms with Gasteiger partial charge in [-0.05, 0) is 39.3 Å². The third kappa shape index (κ3) is 4.70. The molecule has 1 atom stereocenters. The van der Waals surface area contributed by atoms with Crippen molar-refractivity contribution in [1.82, 2.24) is 15.3 Å². The van der Waals surface area contributed by atoms with Gasteiger partial charge in [0, 0.05) is 18.8 Å². The Morgan fingerprint density at radius 3 is 2.67 bits per heavy atom. The van der Waals surface area contributed by atoms with Gasteiger partial charge in [-0.25, -0.2) is 9.97 Å². The van der Waals surface area contributed by atoms with Crippen LogP contribution in [0.4, 0.5) is 0 Å². The highest BCUT2D eigenvalue weighted by Crippen LogP contribution is 2.17. The van der Waals surface area contributed by atoms with Crippen molar-refractivity contribution in [1.29, 1.82) is 0 Å². The average molecular weight is 251 g/mol. The van der Waals surface area contributed by atoms with Crippen molar-refractivity contribution in [3.63, 3.8) is 0 Å². The van der Waals surface area contributed by atoms with Gasteiger partial charge in [-0.2, -0.15) is 0 Å².